The molecule has 1 heterocycles. The molecule has 0 unspecified atom stereocenters. The fourth-order valence-corrected chi connectivity index (χ4v) is 4.48. The van der Waals surface area contributed by atoms with Crippen molar-refractivity contribution in [3.05, 3.63) is 15.8 Å². The summed E-state index contributed by atoms with van der Waals surface area (Å²) in [5.41, 5.74) is 0.431. The zero-order valence-electron chi connectivity index (χ0n) is 16.3. The molecular formula is C20H31NO3S. The molecule has 0 bridgehead atoms. The van der Waals surface area contributed by atoms with Gasteiger partial charge in [-0.15, -0.1) is 11.3 Å². The van der Waals surface area contributed by atoms with Crippen LogP contribution in [0.5, 0.6) is 0 Å². The maximum Gasteiger partial charge on any atom is 0.348 e. The lowest BCUT2D eigenvalue weighted by Crippen LogP contribution is -2.42. The third kappa shape index (κ3) is 4.43. The minimum absolute atomic E-state index is 0.0123. The summed E-state index contributed by atoms with van der Waals surface area (Å²) in [5, 5.41) is 9.67. The Morgan fingerprint density at radius 1 is 1.20 bits per heavy atom. The van der Waals surface area contributed by atoms with Gasteiger partial charge in [-0.1, -0.05) is 27.7 Å². The molecular weight excluding hydrogens is 334 g/mol. The Morgan fingerprint density at radius 2 is 1.76 bits per heavy atom. The second-order valence-electron chi connectivity index (χ2n) is 8.64. The number of anilines is 1. The molecule has 1 fully saturated rings. The number of carbonyl (C=O) groups excluding carboxylic acids is 1. The molecule has 1 saturated carbocycles. The van der Waals surface area contributed by atoms with Crippen molar-refractivity contribution in [2.45, 2.75) is 78.7 Å². The molecule has 2 rings (SSSR count). The molecule has 1 N–H and O–H groups in total. The van der Waals surface area contributed by atoms with Gasteiger partial charge >= 0.3 is 5.97 Å². The highest BCUT2D eigenvalue weighted by Crippen LogP contribution is 2.39. The smallest absolute Gasteiger partial charge is 0.348 e. The number of carboxylic acids is 1. The molecule has 1 aromatic rings. The van der Waals surface area contributed by atoms with E-state index in [-0.39, 0.29) is 28.2 Å². The topological polar surface area (TPSA) is 57.6 Å². The molecule has 1 aliphatic carbocycles. The highest BCUT2D eigenvalue weighted by atomic mass is 32.1. The van der Waals surface area contributed by atoms with Crippen molar-refractivity contribution in [3.63, 3.8) is 0 Å². The SMILES string of the molecule is CC1CCC(C(=O)N(c2cc(C(C)(C)C)sc2C(=O)O)C(C)C)CC1. The predicted molar refractivity (Wildman–Crippen MR) is 104 cm³/mol. The second kappa shape index (κ2) is 7.48. The molecule has 0 radical (unpaired) electrons. The van der Waals surface area contributed by atoms with E-state index in [2.05, 4.69) is 27.7 Å². The Balaban J connectivity index is 2.41. The van der Waals surface area contributed by atoms with Crippen LogP contribution in [0.1, 0.15) is 81.8 Å². The van der Waals surface area contributed by atoms with Crippen molar-refractivity contribution < 1.29 is 14.7 Å². The summed E-state index contributed by atoms with van der Waals surface area (Å²) in [6.45, 7) is 12.4. The van der Waals surface area contributed by atoms with E-state index in [1.165, 1.54) is 11.3 Å². The van der Waals surface area contributed by atoms with Gasteiger partial charge in [0.2, 0.25) is 5.91 Å². The summed E-state index contributed by atoms with van der Waals surface area (Å²) in [6, 6.07) is 1.85. The van der Waals surface area contributed by atoms with Crippen LogP contribution in [-0.4, -0.2) is 23.0 Å². The minimum Gasteiger partial charge on any atom is -0.477 e. The zero-order chi connectivity index (χ0) is 18.9. The number of amides is 1. The Morgan fingerprint density at radius 3 is 2.20 bits per heavy atom. The molecule has 0 saturated heterocycles. The quantitative estimate of drug-likeness (QED) is 0.786. The van der Waals surface area contributed by atoms with Crippen LogP contribution in [0.3, 0.4) is 0 Å². The first kappa shape index (κ1) is 20.0. The van der Waals surface area contributed by atoms with Gasteiger partial charge in [-0.2, -0.15) is 0 Å². The van der Waals surface area contributed by atoms with Gasteiger partial charge in [0.25, 0.3) is 0 Å². The zero-order valence-corrected chi connectivity index (χ0v) is 17.1. The van der Waals surface area contributed by atoms with E-state index in [1.807, 2.05) is 19.9 Å². The van der Waals surface area contributed by atoms with Crippen molar-refractivity contribution >= 4 is 28.9 Å². The van der Waals surface area contributed by atoms with E-state index in [0.29, 0.717) is 11.6 Å². The Hall–Kier alpha value is -1.36. The lowest BCUT2D eigenvalue weighted by Gasteiger charge is -2.33. The summed E-state index contributed by atoms with van der Waals surface area (Å²) in [4.78, 5) is 28.0. The van der Waals surface area contributed by atoms with Crippen LogP contribution >= 0.6 is 11.3 Å². The van der Waals surface area contributed by atoms with Crippen molar-refractivity contribution in [3.8, 4) is 0 Å². The number of hydrogen-bond donors (Lipinski definition) is 1. The predicted octanol–water partition coefficient (Wildman–Crippen LogP) is 5.31. The monoisotopic (exact) mass is 365 g/mol. The first-order chi connectivity index (χ1) is 11.5. The highest BCUT2D eigenvalue weighted by Gasteiger charge is 2.34. The van der Waals surface area contributed by atoms with Crippen LogP contribution in [0.4, 0.5) is 5.69 Å². The molecule has 5 heteroatoms. The van der Waals surface area contributed by atoms with Crippen LogP contribution in [-0.2, 0) is 10.2 Å². The minimum atomic E-state index is -0.953. The highest BCUT2D eigenvalue weighted by molar-refractivity contribution is 7.14. The van der Waals surface area contributed by atoms with Crippen LogP contribution in [0.25, 0.3) is 0 Å². The summed E-state index contributed by atoms with van der Waals surface area (Å²) in [7, 11) is 0. The molecule has 25 heavy (non-hydrogen) atoms. The first-order valence-corrected chi connectivity index (χ1v) is 10.0. The van der Waals surface area contributed by atoms with Crippen molar-refractivity contribution in [1.82, 2.24) is 0 Å². The molecule has 4 nitrogen and oxygen atoms in total. The van der Waals surface area contributed by atoms with E-state index in [0.717, 1.165) is 30.6 Å². The number of carboxylic acid groups (broad SMARTS) is 1. The van der Waals surface area contributed by atoms with Gasteiger partial charge < -0.3 is 10.0 Å². The average molecular weight is 366 g/mol. The lowest BCUT2D eigenvalue weighted by molar-refractivity contribution is -0.123. The van der Waals surface area contributed by atoms with E-state index in [4.69, 9.17) is 0 Å². The molecule has 1 aromatic heterocycles. The molecule has 0 atom stereocenters. The van der Waals surface area contributed by atoms with Gasteiger partial charge in [-0.25, -0.2) is 4.79 Å². The van der Waals surface area contributed by atoms with Crippen molar-refractivity contribution in [1.29, 1.82) is 0 Å². The Bertz CT molecular complexity index is 634. The van der Waals surface area contributed by atoms with Gasteiger partial charge in [0, 0.05) is 16.8 Å². The third-order valence-corrected chi connectivity index (χ3v) is 6.56. The summed E-state index contributed by atoms with van der Waals surface area (Å²) in [6.07, 6.45) is 3.96. The number of rotatable bonds is 4. The van der Waals surface area contributed by atoms with Gasteiger partial charge in [0.05, 0.1) is 5.69 Å². The van der Waals surface area contributed by atoms with Crippen molar-refractivity contribution in [2.24, 2.45) is 11.8 Å². The Labute approximate surface area is 155 Å². The standard InChI is InChI=1S/C20H31NO3S/c1-12(2)21(18(22)14-9-7-13(3)8-10-14)15-11-16(20(4,5)6)25-17(15)19(23)24/h11-14H,7-10H2,1-6H3,(H,23,24). The number of thiophene rings is 1. The van der Waals surface area contributed by atoms with Gasteiger partial charge in [-0.3, -0.25) is 4.79 Å². The van der Waals surface area contributed by atoms with Crippen LogP contribution in [0.2, 0.25) is 0 Å². The van der Waals surface area contributed by atoms with E-state index in [9.17, 15) is 14.7 Å². The van der Waals surface area contributed by atoms with Gasteiger partial charge in [-0.05, 0) is 56.9 Å². The van der Waals surface area contributed by atoms with Crippen molar-refractivity contribution in [2.75, 3.05) is 4.90 Å². The molecule has 1 aliphatic rings. The average Bonchev–Trinajstić information content (AvgIpc) is 2.92. The number of nitrogens with zero attached hydrogens (tertiary/aromatic N) is 1. The second-order valence-corrected chi connectivity index (χ2v) is 9.69. The summed E-state index contributed by atoms with van der Waals surface area (Å²) < 4.78 is 0. The van der Waals surface area contributed by atoms with Crippen LogP contribution in [0.15, 0.2) is 6.07 Å². The number of carbonyl (C=O) groups is 2. The third-order valence-electron chi connectivity index (χ3n) is 5.02. The molecule has 1 amide bonds. The number of aromatic carboxylic acids is 1. The number of hydrogen-bond acceptors (Lipinski definition) is 3. The Kier molecular flexibility index (Phi) is 5.97. The fourth-order valence-electron chi connectivity index (χ4n) is 3.44. The van der Waals surface area contributed by atoms with Crippen LogP contribution < -0.4 is 4.90 Å². The first-order valence-electron chi connectivity index (χ1n) is 9.23. The van der Waals surface area contributed by atoms with E-state index >= 15 is 0 Å². The summed E-state index contributed by atoms with van der Waals surface area (Å²) in [5.74, 6) is -0.174. The van der Waals surface area contributed by atoms with Gasteiger partial charge in [0.1, 0.15) is 4.88 Å². The molecule has 0 aliphatic heterocycles. The molecule has 140 valence electrons. The van der Waals surface area contributed by atoms with Gasteiger partial charge in [0.15, 0.2) is 0 Å². The maximum absolute atomic E-state index is 13.2. The molecule has 0 aromatic carbocycles. The maximum atomic E-state index is 13.2. The van der Waals surface area contributed by atoms with E-state index in [1.54, 1.807) is 4.90 Å². The lowest BCUT2D eigenvalue weighted by atomic mass is 9.82. The van der Waals surface area contributed by atoms with E-state index < -0.39 is 5.97 Å². The summed E-state index contributed by atoms with van der Waals surface area (Å²) >= 11 is 1.29. The fraction of sp³-hybridized carbons (Fsp3) is 0.700. The largest absolute Gasteiger partial charge is 0.477 e. The normalized spacial score (nSPS) is 21.4. The molecule has 0 spiro atoms. The van der Waals surface area contributed by atoms with Crippen LogP contribution in [0, 0.1) is 11.8 Å².